The quantitative estimate of drug-likeness (QED) is 0.690. The maximum absolute atomic E-state index is 13.2. The van der Waals surface area contributed by atoms with Crippen molar-refractivity contribution in [2.45, 2.75) is 26.2 Å². The minimum Gasteiger partial charge on any atom is -0.489 e. The van der Waals surface area contributed by atoms with Crippen LogP contribution in [0.5, 0.6) is 5.75 Å². The van der Waals surface area contributed by atoms with Gasteiger partial charge < -0.3 is 15.4 Å². The number of aromatic nitrogens is 2. The zero-order chi connectivity index (χ0) is 19.3. The van der Waals surface area contributed by atoms with E-state index in [1.807, 2.05) is 10.7 Å². The Morgan fingerprint density at radius 1 is 1.21 bits per heavy atom. The summed E-state index contributed by atoms with van der Waals surface area (Å²) in [6.07, 6.45) is 0. The molecule has 7 heteroatoms. The molecule has 0 saturated carbocycles. The van der Waals surface area contributed by atoms with Crippen molar-refractivity contribution in [1.29, 1.82) is 0 Å². The van der Waals surface area contributed by atoms with Crippen LogP contribution in [-0.2, 0) is 26.2 Å². The van der Waals surface area contributed by atoms with Gasteiger partial charge in [0.05, 0.1) is 24.5 Å². The highest BCUT2D eigenvalue weighted by Crippen LogP contribution is 2.16. The van der Waals surface area contributed by atoms with E-state index in [2.05, 4.69) is 15.7 Å². The summed E-state index contributed by atoms with van der Waals surface area (Å²) < 4.78 is 20.9. The van der Waals surface area contributed by atoms with Crippen LogP contribution in [0.4, 0.5) is 4.39 Å². The molecule has 0 saturated heterocycles. The van der Waals surface area contributed by atoms with E-state index in [9.17, 15) is 9.18 Å². The molecule has 0 atom stereocenters. The number of hydrogen-bond donors (Lipinski definition) is 2. The molecule has 144 valence electrons. The standard InChI is InChI=1S/C21H21FN4O2/c22-17-5-1-3-15(9-17)14-28-20-6-2-4-16(10-20)21(27)24-12-18-11-19-13-23-7-8-26(19)25-18/h1-6,9-11,23H,7-8,12-14H2,(H,24,27). The summed E-state index contributed by atoms with van der Waals surface area (Å²) in [7, 11) is 0. The zero-order valence-electron chi connectivity index (χ0n) is 15.3. The third-order valence-corrected chi connectivity index (χ3v) is 4.54. The number of halogens is 1. The molecule has 1 aliphatic rings. The lowest BCUT2D eigenvalue weighted by molar-refractivity contribution is 0.0950. The minimum atomic E-state index is -0.300. The van der Waals surface area contributed by atoms with Gasteiger partial charge >= 0.3 is 0 Å². The van der Waals surface area contributed by atoms with Gasteiger partial charge in [-0.3, -0.25) is 9.48 Å². The molecule has 6 nitrogen and oxygen atoms in total. The second-order valence-electron chi connectivity index (χ2n) is 6.66. The van der Waals surface area contributed by atoms with Crippen LogP contribution in [0.1, 0.15) is 27.3 Å². The largest absolute Gasteiger partial charge is 0.489 e. The molecule has 1 amide bonds. The van der Waals surface area contributed by atoms with Crippen LogP contribution >= 0.6 is 0 Å². The van der Waals surface area contributed by atoms with E-state index in [1.54, 1.807) is 36.4 Å². The first-order valence-corrected chi connectivity index (χ1v) is 9.19. The van der Waals surface area contributed by atoms with Gasteiger partial charge in [0.15, 0.2) is 0 Å². The molecule has 0 unspecified atom stereocenters. The fraction of sp³-hybridized carbons (Fsp3) is 0.238. The summed E-state index contributed by atoms with van der Waals surface area (Å²) in [5, 5.41) is 10.7. The average Bonchev–Trinajstić information content (AvgIpc) is 3.14. The summed E-state index contributed by atoms with van der Waals surface area (Å²) in [5.74, 6) is 0.0618. The molecule has 0 aliphatic carbocycles. The average molecular weight is 380 g/mol. The number of carbonyl (C=O) groups is 1. The summed E-state index contributed by atoms with van der Waals surface area (Å²) in [6, 6.07) is 15.2. The first kappa shape index (κ1) is 18.2. The molecule has 0 bridgehead atoms. The molecule has 28 heavy (non-hydrogen) atoms. The predicted octanol–water partition coefficient (Wildman–Crippen LogP) is 2.63. The van der Waals surface area contributed by atoms with E-state index in [-0.39, 0.29) is 18.3 Å². The van der Waals surface area contributed by atoms with Gasteiger partial charge in [-0.2, -0.15) is 5.10 Å². The number of nitrogens with zero attached hydrogens (tertiary/aromatic N) is 2. The van der Waals surface area contributed by atoms with Crippen molar-refractivity contribution < 1.29 is 13.9 Å². The Labute approximate surface area is 162 Å². The molecule has 3 aromatic rings. The Morgan fingerprint density at radius 2 is 2.11 bits per heavy atom. The van der Waals surface area contributed by atoms with Crippen LogP contribution < -0.4 is 15.4 Å². The van der Waals surface area contributed by atoms with Crippen LogP contribution in [0.15, 0.2) is 54.6 Å². The minimum absolute atomic E-state index is 0.194. The smallest absolute Gasteiger partial charge is 0.251 e. The van der Waals surface area contributed by atoms with Crippen molar-refractivity contribution in [2.75, 3.05) is 6.54 Å². The predicted molar refractivity (Wildman–Crippen MR) is 102 cm³/mol. The van der Waals surface area contributed by atoms with Crippen LogP contribution in [0.25, 0.3) is 0 Å². The van der Waals surface area contributed by atoms with E-state index < -0.39 is 0 Å². The third-order valence-electron chi connectivity index (χ3n) is 4.54. The number of ether oxygens (including phenoxy) is 1. The van der Waals surface area contributed by atoms with Crippen molar-refractivity contribution >= 4 is 5.91 Å². The maximum atomic E-state index is 13.2. The zero-order valence-corrected chi connectivity index (χ0v) is 15.3. The molecule has 0 radical (unpaired) electrons. The number of hydrogen-bond acceptors (Lipinski definition) is 4. The van der Waals surface area contributed by atoms with E-state index in [4.69, 9.17) is 4.74 Å². The first-order valence-electron chi connectivity index (χ1n) is 9.19. The summed E-state index contributed by atoms with van der Waals surface area (Å²) in [6.45, 7) is 3.15. The highest BCUT2D eigenvalue weighted by Gasteiger charge is 2.13. The van der Waals surface area contributed by atoms with Crippen molar-refractivity contribution in [1.82, 2.24) is 20.4 Å². The fourth-order valence-corrected chi connectivity index (χ4v) is 3.13. The molecule has 2 aromatic carbocycles. The Bertz CT molecular complexity index is 963. The lowest BCUT2D eigenvalue weighted by Crippen LogP contribution is -2.28. The van der Waals surface area contributed by atoms with Crippen LogP contribution in [0.2, 0.25) is 0 Å². The molecule has 0 fully saturated rings. The molecule has 2 N–H and O–H groups in total. The van der Waals surface area contributed by atoms with Gasteiger partial charge in [0, 0.05) is 18.7 Å². The first-order chi connectivity index (χ1) is 13.7. The summed E-state index contributed by atoms with van der Waals surface area (Å²) >= 11 is 0. The van der Waals surface area contributed by atoms with E-state index in [0.29, 0.717) is 17.9 Å². The monoisotopic (exact) mass is 380 g/mol. The van der Waals surface area contributed by atoms with Gasteiger partial charge in [-0.15, -0.1) is 0 Å². The number of carbonyl (C=O) groups excluding carboxylic acids is 1. The van der Waals surface area contributed by atoms with Crippen molar-refractivity contribution in [2.24, 2.45) is 0 Å². The molecular weight excluding hydrogens is 359 g/mol. The molecule has 0 spiro atoms. The van der Waals surface area contributed by atoms with E-state index >= 15 is 0 Å². The topological polar surface area (TPSA) is 68.2 Å². The van der Waals surface area contributed by atoms with Crippen LogP contribution in [0, 0.1) is 5.82 Å². The summed E-state index contributed by atoms with van der Waals surface area (Å²) in [4.78, 5) is 12.5. The normalized spacial score (nSPS) is 13.0. The van der Waals surface area contributed by atoms with Crippen molar-refractivity contribution in [3.63, 3.8) is 0 Å². The number of benzene rings is 2. The third kappa shape index (κ3) is 4.37. The Morgan fingerprint density at radius 3 is 2.96 bits per heavy atom. The molecule has 1 aromatic heterocycles. The van der Waals surface area contributed by atoms with Gasteiger partial charge in [-0.25, -0.2) is 4.39 Å². The fourth-order valence-electron chi connectivity index (χ4n) is 3.13. The number of fused-ring (bicyclic) bond motifs is 1. The van der Waals surface area contributed by atoms with Gasteiger partial charge in [-0.1, -0.05) is 18.2 Å². The van der Waals surface area contributed by atoms with Gasteiger partial charge in [-0.05, 0) is 42.0 Å². The Balaban J connectivity index is 1.35. The summed E-state index contributed by atoms with van der Waals surface area (Å²) in [5.41, 5.74) is 3.20. The highest BCUT2D eigenvalue weighted by molar-refractivity contribution is 5.94. The van der Waals surface area contributed by atoms with Gasteiger partial charge in [0.1, 0.15) is 18.2 Å². The van der Waals surface area contributed by atoms with E-state index in [1.165, 1.54) is 12.1 Å². The second-order valence-corrected chi connectivity index (χ2v) is 6.66. The molecule has 4 rings (SSSR count). The van der Waals surface area contributed by atoms with Crippen LogP contribution in [-0.4, -0.2) is 22.2 Å². The lowest BCUT2D eigenvalue weighted by atomic mass is 10.2. The number of nitrogens with one attached hydrogen (secondary N) is 2. The molecular formula is C21H21FN4O2. The van der Waals surface area contributed by atoms with Crippen molar-refractivity contribution in [3.05, 3.63) is 82.9 Å². The van der Waals surface area contributed by atoms with Gasteiger partial charge in [0.25, 0.3) is 5.91 Å². The van der Waals surface area contributed by atoms with Crippen molar-refractivity contribution in [3.8, 4) is 5.75 Å². The lowest BCUT2D eigenvalue weighted by Gasteiger charge is -2.13. The second kappa shape index (κ2) is 8.22. The Kier molecular flexibility index (Phi) is 5.34. The van der Waals surface area contributed by atoms with E-state index in [0.717, 1.165) is 36.6 Å². The number of amides is 1. The molecule has 2 heterocycles. The molecule has 1 aliphatic heterocycles. The SMILES string of the molecule is O=C(NCc1cc2n(n1)CCNC2)c1cccc(OCc2cccc(F)c2)c1. The number of rotatable bonds is 6. The van der Waals surface area contributed by atoms with Crippen LogP contribution in [0.3, 0.4) is 0 Å². The maximum Gasteiger partial charge on any atom is 0.251 e. The Hall–Kier alpha value is -3.19. The highest BCUT2D eigenvalue weighted by atomic mass is 19.1. The van der Waals surface area contributed by atoms with Gasteiger partial charge in [0.2, 0.25) is 0 Å².